The van der Waals surface area contributed by atoms with Crippen LogP contribution in [0.4, 0.5) is 11.4 Å². The second-order valence-corrected chi connectivity index (χ2v) is 13.0. The van der Waals surface area contributed by atoms with Gasteiger partial charge in [0.15, 0.2) is 18.1 Å². The number of aryl methyl sites for hydroxylation is 1. The van der Waals surface area contributed by atoms with E-state index in [0.717, 1.165) is 16.9 Å². The SMILES string of the molecule is COc1cc([C@@H]2c3sc(=O)[nH]c3S[C@H]3C(=O)N(c4ccc(C)cc4)C(=O)[C@@H]23)ccc1OCC(=O)Nc1ccc(Cl)c(Cl)c1. The van der Waals surface area contributed by atoms with Gasteiger partial charge in [-0.1, -0.05) is 70.1 Å². The van der Waals surface area contributed by atoms with Crippen LogP contribution in [0.3, 0.4) is 0 Å². The predicted molar refractivity (Wildman–Crippen MR) is 167 cm³/mol. The fourth-order valence-electron chi connectivity index (χ4n) is 5.24. The molecular weight excluding hydrogens is 633 g/mol. The van der Waals surface area contributed by atoms with Crippen molar-refractivity contribution in [3.8, 4) is 11.5 Å². The maximum absolute atomic E-state index is 13.9. The lowest BCUT2D eigenvalue weighted by atomic mass is 9.83. The van der Waals surface area contributed by atoms with Gasteiger partial charge in [0.2, 0.25) is 11.8 Å². The number of halogens is 2. The van der Waals surface area contributed by atoms with Gasteiger partial charge in [-0.05, 0) is 55.0 Å². The molecule has 4 aromatic rings. The van der Waals surface area contributed by atoms with E-state index in [1.807, 2.05) is 19.1 Å². The number of thiazole rings is 1. The molecule has 0 radical (unpaired) electrons. The maximum Gasteiger partial charge on any atom is 0.305 e. The summed E-state index contributed by atoms with van der Waals surface area (Å²) in [5.41, 5.74) is 2.65. The predicted octanol–water partition coefficient (Wildman–Crippen LogP) is 5.87. The molecule has 0 unspecified atom stereocenters. The zero-order valence-corrected chi connectivity index (χ0v) is 25.8. The van der Waals surface area contributed by atoms with E-state index >= 15 is 0 Å². The number of thioether (sulfide) groups is 1. The molecule has 43 heavy (non-hydrogen) atoms. The summed E-state index contributed by atoms with van der Waals surface area (Å²) < 4.78 is 11.3. The number of methoxy groups -OCH3 is 1. The third kappa shape index (κ3) is 5.53. The summed E-state index contributed by atoms with van der Waals surface area (Å²) in [5, 5.41) is 3.23. The number of anilines is 2. The smallest absolute Gasteiger partial charge is 0.305 e. The quantitative estimate of drug-likeness (QED) is 0.239. The van der Waals surface area contributed by atoms with Crippen molar-refractivity contribution in [1.29, 1.82) is 0 Å². The molecule has 2 aliphatic rings. The molecule has 220 valence electrons. The minimum absolute atomic E-state index is 0.266. The molecule has 0 aliphatic carbocycles. The number of carbonyl (C=O) groups excluding carboxylic acids is 3. The topological polar surface area (TPSA) is 118 Å². The van der Waals surface area contributed by atoms with Crippen molar-refractivity contribution in [1.82, 2.24) is 4.98 Å². The molecule has 0 spiro atoms. The average Bonchev–Trinajstić information content (AvgIpc) is 3.48. The van der Waals surface area contributed by atoms with Crippen LogP contribution < -0.4 is 24.6 Å². The largest absolute Gasteiger partial charge is 0.493 e. The third-order valence-electron chi connectivity index (χ3n) is 7.23. The molecule has 0 saturated carbocycles. The lowest BCUT2D eigenvalue weighted by Gasteiger charge is -2.30. The van der Waals surface area contributed by atoms with Gasteiger partial charge in [-0.25, -0.2) is 4.90 Å². The van der Waals surface area contributed by atoms with Crippen LogP contribution in [0.25, 0.3) is 0 Å². The summed E-state index contributed by atoms with van der Waals surface area (Å²) in [6.45, 7) is 1.61. The number of fused-ring (bicyclic) bond motifs is 2. The van der Waals surface area contributed by atoms with Crippen LogP contribution in [0.5, 0.6) is 11.5 Å². The lowest BCUT2D eigenvalue weighted by Crippen LogP contribution is -2.32. The van der Waals surface area contributed by atoms with Gasteiger partial charge in [0.25, 0.3) is 5.91 Å². The Labute approximate surface area is 264 Å². The van der Waals surface area contributed by atoms with E-state index in [0.29, 0.717) is 48.4 Å². The number of ether oxygens (including phenoxy) is 2. The molecule has 1 fully saturated rings. The zero-order valence-electron chi connectivity index (χ0n) is 22.7. The number of nitrogens with zero attached hydrogens (tertiary/aromatic N) is 1. The Morgan fingerprint density at radius 2 is 1.74 bits per heavy atom. The highest BCUT2D eigenvalue weighted by molar-refractivity contribution is 8.00. The van der Waals surface area contributed by atoms with Crippen LogP contribution >= 0.6 is 46.3 Å². The van der Waals surface area contributed by atoms with Crippen LogP contribution in [0.1, 0.15) is 21.9 Å². The number of rotatable bonds is 7. The number of carbonyl (C=O) groups is 3. The van der Waals surface area contributed by atoms with Crippen molar-refractivity contribution in [2.45, 2.75) is 23.1 Å². The van der Waals surface area contributed by atoms with Crippen LogP contribution in [0.15, 0.2) is 70.5 Å². The number of hydrogen-bond acceptors (Lipinski definition) is 8. The van der Waals surface area contributed by atoms with Gasteiger partial charge < -0.3 is 19.8 Å². The van der Waals surface area contributed by atoms with E-state index in [-0.39, 0.29) is 23.3 Å². The van der Waals surface area contributed by atoms with E-state index in [4.69, 9.17) is 32.7 Å². The van der Waals surface area contributed by atoms with Crippen molar-refractivity contribution < 1.29 is 23.9 Å². The molecule has 3 atom stereocenters. The maximum atomic E-state index is 13.9. The molecule has 6 rings (SSSR count). The Morgan fingerprint density at radius 1 is 0.977 bits per heavy atom. The van der Waals surface area contributed by atoms with Crippen molar-refractivity contribution in [2.24, 2.45) is 5.92 Å². The summed E-state index contributed by atoms with van der Waals surface area (Å²) in [4.78, 5) is 57.0. The van der Waals surface area contributed by atoms with Crippen molar-refractivity contribution in [3.05, 3.63) is 96.4 Å². The van der Waals surface area contributed by atoms with E-state index in [1.54, 1.807) is 42.5 Å². The summed E-state index contributed by atoms with van der Waals surface area (Å²) in [7, 11) is 1.46. The van der Waals surface area contributed by atoms with Crippen LogP contribution in [0.2, 0.25) is 10.0 Å². The number of nitrogens with one attached hydrogen (secondary N) is 2. The molecule has 3 aromatic carbocycles. The Morgan fingerprint density at radius 3 is 2.47 bits per heavy atom. The Kier molecular flexibility index (Phi) is 7.99. The van der Waals surface area contributed by atoms with E-state index < -0.39 is 23.0 Å². The standard InChI is InChI=1S/C30H23Cl2N3O6S2/c1-14-3-7-17(8-4-14)35-28(37)24-23(25-27(34-30(39)43-25)42-26(24)29(35)38)15-5-10-20(21(11-15)40-2)41-13-22(36)33-16-6-9-18(31)19(32)12-16/h3-12,23-24,26H,13H2,1-2H3,(H,33,36)(H,34,39)/t23-,24-,26+/m0/s1. The number of hydrogen-bond donors (Lipinski definition) is 2. The first kappa shape index (κ1) is 29.3. The number of amides is 3. The van der Waals surface area contributed by atoms with Crippen molar-refractivity contribution in [2.75, 3.05) is 23.9 Å². The fraction of sp³-hybridized carbons (Fsp3) is 0.200. The number of H-pyrrole nitrogens is 1. The van der Waals surface area contributed by atoms with Crippen molar-refractivity contribution in [3.63, 3.8) is 0 Å². The van der Waals surface area contributed by atoms with Gasteiger partial charge in [0.1, 0.15) is 5.25 Å². The fourth-order valence-corrected chi connectivity index (χ4v) is 8.05. The summed E-state index contributed by atoms with van der Waals surface area (Å²) in [6, 6.07) is 17.1. The molecule has 2 aliphatic heterocycles. The Bertz CT molecular complexity index is 1820. The van der Waals surface area contributed by atoms with Gasteiger partial charge in [-0.3, -0.25) is 19.2 Å². The molecule has 1 saturated heterocycles. The molecular formula is C30H23Cl2N3O6S2. The van der Waals surface area contributed by atoms with E-state index in [1.165, 1.54) is 29.8 Å². The van der Waals surface area contributed by atoms with Crippen LogP contribution in [-0.2, 0) is 14.4 Å². The number of imide groups is 1. The molecule has 2 N–H and O–H groups in total. The summed E-state index contributed by atoms with van der Waals surface area (Å²) in [6.07, 6.45) is 0. The number of benzene rings is 3. The third-order valence-corrected chi connectivity index (χ3v) is 10.4. The first-order valence-corrected chi connectivity index (χ1v) is 15.5. The number of aromatic amines is 1. The van der Waals surface area contributed by atoms with Crippen molar-refractivity contribution >= 4 is 75.4 Å². The van der Waals surface area contributed by atoms with E-state index in [2.05, 4.69) is 10.3 Å². The Balaban J connectivity index is 1.28. The van der Waals surface area contributed by atoms with Gasteiger partial charge in [-0.15, -0.1) is 0 Å². The minimum atomic E-state index is -0.744. The highest BCUT2D eigenvalue weighted by atomic mass is 35.5. The average molecular weight is 657 g/mol. The second-order valence-electron chi connectivity index (χ2n) is 9.97. The molecule has 3 amide bonds. The van der Waals surface area contributed by atoms with Crippen LogP contribution in [0, 0.1) is 12.8 Å². The van der Waals surface area contributed by atoms with Gasteiger partial charge in [0, 0.05) is 16.5 Å². The molecule has 1 aromatic heterocycles. The van der Waals surface area contributed by atoms with Gasteiger partial charge in [0.05, 0.1) is 33.8 Å². The molecule has 3 heterocycles. The molecule has 0 bridgehead atoms. The zero-order chi connectivity index (χ0) is 30.4. The van der Waals surface area contributed by atoms with Crippen LogP contribution in [-0.4, -0.2) is 41.7 Å². The van der Waals surface area contributed by atoms with Gasteiger partial charge >= 0.3 is 4.87 Å². The lowest BCUT2D eigenvalue weighted by molar-refractivity contribution is -0.122. The van der Waals surface area contributed by atoms with Gasteiger partial charge in [-0.2, -0.15) is 0 Å². The molecule has 13 heteroatoms. The Hall–Kier alpha value is -3.77. The first-order chi connectivity index (χ1) is 20.6. The summed E-state index contributed by atoms with van der Waals surface area (Å²) in [5.74, 6) is -1.79. The highest BCUT2D eigenvalue weighted by Crippen LogP contribution is 2.53. The summed E-state index contributed by atoms with van der Waals surface area (Å²) >= 11 is 14.2. The minimum Gasteiger partial charge on any atom is -0.493 e. The molecule has 9 nitrogen and oxygen atoms in total. The van der Waals surface area contributed by atoms with E-state index in [9.17, 15) is 19.2 Å². The highest BCUT2D eigenvalue weighted by Gasteiger charge is 2.56. The monoisotopic (exact) mass is 655 g/mol. The first-order valence-electron chi connectivity index (χ1n) is 13.0. The normalized spacial score (nSPS) is 19.2. The second kappa shape index (κ2) is 11.7. The number of aromatic nitrogens is 1.